The van der Waals surface area contributed by atoms with Crippen LogP contribution in [0.4, 0.5) is 0 Å². The van der Waals surface area contributed by atoms with Gasteiger partial charge >= 0.3 is 5.97 Å². The first-order valence-electron chi connectivity index (χ1n) is 12.3. The normalized spacial score (nSPS) is 14.6. The molecule has 9 nitrogen and oxygen atoms in total. The Morgan fingerprint density at radius 2 is 1.59 bits per heavy atom. The van der Waals surface area contributed by atoms with Crippen LogP contribution in [0.25, 0.3) is 22.1 Å². The Morgan fingerprint density at radius 3 is 2.28 bits per heavy atom. The van der Waals surface area contributed by atoms with E-state index in [9.17, 15) is 14.7 Å². The molecule has 1 atom stereocenters. The molecule has 4 aromatic rings. The van der Waals surface area contributed by atoms with Crippen molar-refractivity contribution < 1.29 is 38.0 Å². The van der Waals surface area contributed by atoms with Crippen molar-refractivity contribution >= 4 is 16.9 Å². The summed E-state index contributed by atoms with van der Waals surface area (Å²) in [5.41, 5.74) is 1.65. The van der Waals surface area contributed by atoms with Crippen LogP contribution in [-0.2, 0) is 4.79 Å². The van der Waals surface area contributed by atoms with Gasteiger partial charge in [0.1, 0.15) is 28.7 Å². The number of esters is 1. The van der Waals surface area contributed by atoms with Crippen molar-refractivity contribution in [2.24, 2.45) is 0 Å². The van der Waals surface area contributed by atoms with Gasteiger partial charge in [0.25, 0.3) is 0 Å². The van der Waals surface area contributed by atoms with Gasteiger partial charge in [0, 0.05) is 17.5 Å². The molecule has 0 amide bonds. The molecule has 9 heteroatoms. The quantitative estimate of drug-likeness (QED) is 0.246. The molecule has 0 radical (unpaired) electrons. The van der Waals surface area contributed by atoms with Crippen molar-refractivity contribution in [1.29, 1.82) is 0 Å². The third-order valence-corrected chi connectivity index (χ3v) is 6.62. The van der Waals surface area contributed by atoms with Gasteiger partial charge in [-0.25, -0.2) is 0 Å². The predicted molar refractivity (Wildman–Crippen MR) is 144 cm³/mol. The Hall–Kier alpha value is -4.66. The smallest absolute Gasteiger partial charge is 0.312 e. The highest BCUT2D eigenvalue weighted by Gasteiger charge is 2.34. The van der Waals surface area contributed by atoms with Gasteiger partial charge in [-0.3, -0.25) is 9.59 Å². The van der Waals surface area contributed by atoms with Gasteiger partial charge < -0.3 is 33.2 Å². The molecule has 0 spiro atoms. The van der Waals surface area contributed by atoms with Crippen LogP contribution >= 0.6 is 0 Å². The van der Waals surface area contributed by atoms with E-state index in [1.807, 2.05) is 19.9 Å². The van der Waals surface area contributed by atoms with Crippen LogP contribution in [0.3, 0.4) is 0 Å². The lowest BCUT2D eigenvalue weighted by Crippen LogP contribution is -2.22. The molecule has 202 valence electrons. The zero-order chi connectivity index (χ0) is 27.8. The fourth-order valence-corrected chi connectivity index (χ4v) is 4.87. The molecular formula is C30H28O9. The highest BCUT2D eigenvalue weighted by Crippen LogP contribution is 2.47. The van der Waals surface area contributed by atoms with E-state index in [1.54, 1.807) is 30.3 Å². The van der Waals surface area contributed by atoms with Gasteiger partial charge in [-0.15, -0.1) is 0 Å². The molecule has 0 aliphatic carbocycles. The number of phenolic OH excluding ortho intramolecular Hbond substituents is 1. The Kier molecular flexibility index (Phi) is 6.82. The number of aromatic hydroxyl groups is 1. The minimum absolute atomic E-state index is 0.00154. The number of carbonyl (C=O) groups excluding carboxylic acids is 1. The fourth-order valence-electron chi connectivity index (χ4n) is 4.87. The second-order valence-electron chi connectivity index (χ2n) is 9.37. The van der Waals surface area contributed by atoms with E-state index in [1.165, 1.54) is 33.7 Å². The summed E-state index contributed by atoms with van der Waals surface area (Å²) in [7, 11) is 4.56. The SMILES string of the molecule is COc1ccc(-c2coc3c4c(cc(O)c3c2=O)OC(=O)CC4c2ccc(OC(C)C)c(OC)c2)cc1OC. The molecule has 0 saturated heterocycles. The standard InChI is InChI=1S/C30H28O9/c1-15(2)38-22-9-7-16(10-24(22)36-5)18-12-26(32)39-25-13-20(31)28-29(33)19(14-37-30(28)27(18)25)17-6-8-21(34-3)23(11-17)35-4/h6-11,13-15,18,31H,12H2,1-5H3. The van der Waals surface area contributed by atoms with Crippen molar-refractivity contribution in [3.63, 3.8) is 0 Å². The van der Waals surface area contributed by atoms with Crippen LogP contribution in [0.5, 0.6) is 34.5 Å². The van der Waals surface area contributed by atoms with Crippen molar-refractivity contribution in [2.45, 2.75) is 32.3 Å². The summed E-state index contributed by atoms with van der Waals surface area (Å²) in [6.07, 6.45) is 1.28. The van der Waals surface area contributed by atoms with Crippen LogP contribution in [-0.4, -0.2) is 38.5 Å². The predicted octanol–water partition coefficient (Wildman–Crippen LogP) is 5.42. The summed E-state index contributed by atoms with van der Waals surface area (Å²) in [4.78, 5) is 26.3. The van der Waals surface area contributed by atoms with Gasteiger partial charge in [0.15, 0.2) is 23.0 Å². The molecule has 0 fully saturated rings. The second kappa shape index (κ2) is 10.2. The first-order valence-corrected chi connectivity index (χ1v) is 12.3. The molecular weight excluding hydrogens is 504 g/mol. The fraction of sp³-hybridized carbons (Fsp3) is 0.267. The summed E-state index contributed by atoms with van der Waals surface area (Å²) in [6.45, 7) is 3.83. The number of hydrogen-bond acceptors (Lipinski definition) is 9. The number of hydrogen-bond donors (Lipinski definition) is 1. The van der Waals surface area contributed by atoms with Gasteiger partial charge in [-0.2, -0.15) is 0 Å². The van der Waals surface area contributed by atoms with Crippen molar-refractivity contribution in [1.82, 2.24) is 0 Å². The second-order valence-corrected chi connectivity index (χ2v) is 9.37. The van der Waals surface area contributed by atoms with Gasteiger partial charge in [0.2, 0.25) is 5.43 Å². The van der Waals surface area contributed by atoms with E-state index >= 15 is 0 Å². The lowest BCUT2D eigenvalue weighted by Gasteiger charge is -2.26. The zero-order valence-corrected chi connectivity index (χ0v) is 22.2. The van der Waals surface area contributed by atoms with E-state index in [0.29, 0.717) is 34.1 Å². The summed E-state index contributed by atoms with van der Waals surface area (Å²) in [5.74, 6) is 0.788. The number of ether oxygens (including phenoxy) is 5. The van der Waals surface area contributed by atoms with E-state index in [2.05, 4.69) is 0 Å². The third-order valence-electron chi connectivity index (χ3n) is 6.62. The molecule has 39 heavy (non-hydrogen) atoms. The lowest BCUT2D eigenvalue weighted by molar-refractivity contribution is -0.135. The molecule has 0 saturated carbocycles. The number of carbonyl (C=O) groups is 1. The van der Waals surface area contributed by atoms with Crippen LogP contribution in [0.2, 0.25) is 0 Å². The molecule has 0 bridgehead atoms. The largest absolute Gasteiger partial charge is 0.507 e. The monoisotopic (exact) mass is 532 g/mol. The van der Waals surface area contributed by atoms with E-state index in [4.69, 9.17) is 28.1 Å². The van der Waals surface area contributed by atoms with Crippen molar-refractivity contribution in [3.05, 3.63) is 70.1 Å². The average molecular weight is 533 g/mol. The zero-order valence-electron chi connectivity index (χ0n) is 22.2. The summed E-state index contributed by atoms with van der Waals surface area (Å²) in [5, 5.41) is 10.9. The Morgan fingerprint density at radius 1 is 0.897 bits per heavy atom. The number of benzene rings is 3. The van der Waals surface area contributed by atoms with Gasteiger partial charge in [-0.1, -0.05) is 12.1 Å². The maximum Gasteiger partial charge on any atom is 0.312 e. The number of fused-ring (bicyclic) bond motifs is 3. The summed E-state index contributed by atoms with van der Waals surface area (Å²) >= 11 is 0. The first-order chi connectivity index (χ1) is 18.7. The number of phenols is 1. The Balaban J connectivity index is 1.69. The maximum atomic E-state index is 13.7. The minimum atomic E-state index is -0.526. The van der Waals surface area contributed by atoms with Crippen LogP contribution < -0.4 is 29.1 Å². The summed E-state index contributed by atoms with van der Waals surface area (Å²) in [6, 6.07) is 11.7. The van der Waals surface area contributed by atoms with Crippen LogP contribution in [0, 0.1) is 0 Å². The van der Waals surface area contributed by atoms with E-state index in [-0.39, 0.29) is 40.6 Å². The van der Waals surface area contributed by atoms with Gasteiger partial charge in [-0.05, 0) is 49.2 Å². The number of methoxy groups -OCH3 is 3. The number of rotatable bonds is 7. The van der Waals surface area contributed by atoms with E-state index < -0.39 is 17.3 Å². The Bertz CT molecular complexity index is 1630. The van der Waals surface area contributed by atoms with Crippen molar-refractivity contribution in [2.75, 3.05) is 21.3 Å². The average Bonchev–Trinajstić information content (AvgIpc) is 2.92. The molecule has 2 heterocycles. The Labute approximate surface area is 224 Å². The molecule has 1 aliphatic rings. The third kappa shape index (κ3) is 4.60. The molecule has 1 N–H and O–H groups in total. The lowest BCUT2D eigenvalue weighted by atomic mass is 9.84. The van der Waals surface area contributed by atoms with Crippen LogP contribution in [0.15, 0.2) is 57.9 Å². The van der Waals surface area contributed by atoms with Crippen LogP contribution in [0.1, 0.15) is 37.3 Å². The molecule has 1 unspecified atom stereocenters. The topological polar surface area (TPSA) is 114 Å². The molecule has 1 aliphatic heterocycles. The first kappa shape index (κ1) is 26.0. The maximum absolute atomic E-state index is 13.7. The van der Waals surface area contributed by atoms with Crippen molar-refractivity contribution in [3.8, 4) is 45.6 Å². The highest BCUT2D eigenvalue weighted by molar-refractivity contribution is 5.94. The highest BCUT2D eigenvalue weighted by atomic mass is 16.5. The van der Waals surface area contributed by atoms with Gasteiger partial charge in [0.05, 0.1) is 39.4 Å². The molecule has 1 aromatic heterocycles. The van der Waals surface area contributed by atoms with E-state index in [0.717, 1.165) is 5.56 Å². The minimum Gasteiger partial charge on any atom is -0.507 e. The molecule has 3 aromatic carbocycles. The summed E-state index contributed by atoms with van der Waals surface area (Å²) < 4.78 is 33.5. The molecule has 5 rings (SSSR count).